The quantitative estimate of drug-likeness (QED) is 0.379. The van der Waals surface area contributed by atoms with E-state index in [9.17, 15) is 0 Å². The minimum absolute atomic E-state index is 0.135. The van der Waals surface area contributed by atoms with E-state index in [2.05, 4.69) is 12.2 Å². The molecule has 7 heteroatoms. The van der Waals surface area contributed by atoms with Gasteiger partial charge in [-0.15, -0.1) is 0 Å². The highest BCUT2D eigenvalue weighted by atomic mass is 35.5. The van der Waals surface area contributed by atoms with Gasteiger partial charge >= 0.3 is 0 Å². The third kappa shape index (κ3) is 4.73. The number of nitrogens with one attached hydrogen (secondary N) is 1. The van der Waals surface area contributed by atoms with E-state index in [1.54, 1.807) is 0 Å². The van der Waals surface area contributed by atoms with Crippen LogP contribution in [0.2, 0.25) is 25.1 Å². The summed E-state index contributed by atoms with van der Waals surface area (Å²) in [7, 11) is 0. The van der Waals surface area contributed by atoms with Crippen LogP contribution in [-0.2, 0) is 0 Å². The predicted octanol–water partition coefficient (Wildman–Crippen LogP) is 5.72. The van der Waals surface area contributed by atoms with Gasteiger partial charge in [-0.3, -0.25) is 0 Å². The first-order valence-electron chi connectivity index (χ1n) is 5.85. The van der Waals surface area contributed by atoms with Gasteiger partial charge < -0.3 is 10.1 Å². The molecule has 108 valence electrons. The lowest BCUT2D eigenvalue weighted by Gasteiger charge is -2.13. The van der Waals surface area contributed by atoms with E-state index < -0.39 is 0 Å². The summed E-state index contributed by atoms with van der Waals surface area (Å²) in [6.45, 7) is 4.42. The van der Waals surface area contributed by atoms with Crippen LogP contribution in [0.15, 0.2) is 0 Å². The summed E-state index contributed by atoms with van der Waals surface area (Å²) in [6, 6.07) is 0. The lowest BCUT2D eigenvalue weighted by Crippen LogP contribution is -2.18. The number of benzene rings is 1. The Bertz CT molecular complexity index is 410. The highest BCUT2D eigenvalue weighted by Gasteiger charge is 2.20. The molecule has 0 radical (unpaired) electrons. The predicted molar refractivity (Wildman–Crippen MR) is 84.8 cm³/mol. The van der Waals surface area contributed by atoms with Crippen molar-refractivity contribution in [2.45, 2.75) is 19.8 Å². The van der Waals surface area contributed by atoms with E-state index in [0.717, 1.165) is 25.9 Å². The molecule has 19 heavy (non-hydrogen) atoms. The molecule has 1 aromatic rings. The van der Waals surface area contributed by atoms with Crippen LogP contribution in [-0.4, -0.2) is 19.7 Å². The van der Waals surface area contributed by atoms with E-state index in [1.807, 2.05) is 0 Å². The van der Waals surface area contributed by atoms with Crippen LogP contribution in [0, 0.1) is 0 Å². The van der Waals surface area contributed by atoms with Crippen LogP contribution in [0.25, 0.3) is 0 Å². The second kappa shape index (κ2) is 8.66. The van der Waals surface area contributed by atoms with Crippen molar-refractivity contribution in [2.75, 3.05) is 19.7 Å². The monoisotopic (exact) mass is 363 g/mol. The number of hydrogen-bond donors (Lipinski definition) is 1. The van der Waals surface area contributed by atoms with Gasteiger partial charge in [-0.1, -0.05) is 64.9 Å². The normalized spacial score (nSPS) is 10.8. The Morgan fingerprint density at radius 3 is 1.89 bits per heavy atom. The van der Waals surface area contributed by atoms with Crippen molar-refractivity contribution in [3.8, 4) is 5.75 Å². The maximum absolute atomic E-state index is 6.04. The van der Waals surface area contributed by atoms with Crippen LogP contribution in [0.3, 0.4) is 0 Å². The van der Waals surface area contributed by atoms with Crippen LogP contribution in [0.1, 0.15) is 19.8 Å². The maximum atomic E-state index is 6.04. The molecule has 1 aromatic carbocycles. The van der Waals surface area contributed by atoms with E-state index in [0.29, 0.717) is 6.61 Å². The van der Waals surface area contributed by atoms with Crippen molar-refractivity contribution in [2.24, 2.45) is 0 Å². The lowest BCUT2D eigenvalue weighted by atomic mass is 10.3. The highest BCUT2D eigenvalue weighted by molar-refractivity contribution is 6.55. The van der Waals surface area contributed by atoms with E-state index >= 15 is 0 Å². The fraction of sp³-hybridized carbons (Fsp3) is 0.500. The van der Waals surface area contributed by atoms with E-state index in [-0.39, 0.29) is 30.9 Å². The van der Waals surface area contributed by atoms with Crippen molar-refractivity contribution in [1.29, 1.82) is 0 Å². The molecule has 0 saturated carbocycles. The molecular formula is C12H14Cl5NO. The fourth-order valence-corrected chi connectivity index (χ4v) is 2.61. The summed E-state index contributed by atoms with van der Waals surface area (Å²) >= 11 is 29.8. The second-order valence-corrected chi connectivity index (χ2v) is 5.74. The minimum Gasteiger partial charge on any atom is -0.490 e. The summed E-state index contributed by atoms with van der Waals surface area (Å²) < 4.78 is 5.53. The summed E-state index contributed by atoms with van der Waals surface area (Å²) in [4.78, 5) is 0. The first kappa shape index (κ1) is 17.5. The van der Waals surface area contributed by atoms with Gasteiger partial charge in [0.05, 0.1) is 21.7 Å². The Morgan fingerprint density at radius 2 is 1.37 bits per heavy atom. The number of hydrogen-bond acceptors (Lipinski definition) is 2. The summed E-state index contributed by atoms with van der Waals surface area (Å²) in [5, 5.41) is 4.06. The topological polar surface area (TPSA) is 21.3 Å². The standard InChI is InChI=1S/C12H14Cl5NO/c1-2-4-18-5-3-6-19-12-10(16)8(14)7(13)9(15)11(12)17/h18H,2-6H2,1H3. The number of rotatable bonds is 7. The molecular weight excluding hydrogens is 351 g/mol. The van der Waals surface area contributed by atoms with Crippen LogP contribution in [0.5, 0.6) is 5.75 Å². The van der Waals surface area contributed by atoms with Crippen LogP contribution >= 0.6 is 58.0 Å². The zero-order chi connectivity index (χ0) is 14.4. The first-order chi connectivity index (χ1) is 9.00. The number of ether oxygens (including phenoxy) is 1. The molecule has 2 nitrogen and oxygen atoms in total. The molecule has 0 fully saturated rings. The van der Waals surface area contributed by atoms with Gasteiger partial charge in [0.15, 0.2) is 5.75 Å². The van der Waals surface area contributed by atoms with Crippen molar-refractivity contribution < 1.29 is 4.74 Å². The third-order valence-electron chi connectivity index (χ3n) is 2.34. The zero-order valence-electron chi connectivity index (χ0n) is 10.3. The Labute approximate surface area is 138 Å². The van der Waals surface area contributed by atoms with Crippen molar-refractivity contribution in [3.63, 3.8) is 0 Å². The maximum Gasteiger partial charge on any atom is 0.159 e. The van der Waals surface area contributed by atoms with Crippen molar-refractivity contribution >= 4 is 58.0 Å². The SMILES string of the molecule is CCCNCCCOc1c(Cl)c(Cl)c(Cl)c(Cl)c1Cl. The Morgan fingerprint density at radius 1 is 0.842 bits per heavy atom. The van der Waals surface area contributed by atoms with Gasteiger partial charge in [0.25, 0.3) is 0 Å². The molecule has 0 heterocycles. The summed E-state index contributed by atoms with van der Waals surface area (Å²) in [5.41, 5.74) is 0. The van der Waals surface area contributed by atoms with Crippen molar-refractivity contribution in [3.05, 3.63) is 25.1 Å². The van der Waals surface area contributed by atoms with Gasteiger partial charge in [-0.2, -0.15) is 0 Å². The van der Waals surface area contributed by atoms with E-state index in [1.165, 1.54) is 0 Å². The Hall–Kier alpha value is 0.430. The number of halogens is 5. The Kier molecular flexibility index (Phi) is 7.97. The van der Waals surface area contributed by atoms with Gasteiger partial charge in [-0.25, -0.2) is 0 Å². The molecule has 0 spiro atoms. The molecule has 0 amide bonds. The minimum atomic E-state index is 0.135. The second-order valence-electron chi connectivity index (χ2n) is 3.85. The van der Waals surface area contributed by atoms with Gasteiger partial charge in [0, 0.05) is 0 Å². The Balaban J connectivity index is 2.64. The molecule has 0 aromatic heterocycles. The highest BCUT2D eigenvalue weighted by Crippen LogP contribution is 2.48. The average molecular weight is 366 g/mol. The molecule has 0 unspecified atom stereocenters. The summed E-state index contributed by atoms with van der Waals surface area (Å²) in [5.74, 6) is 0.276. The molecule has 1 N–H and O–H groups in total. The fourth-order valence-electron chi connectivity index (χ4n) is 1.38. The third-order valence-corrected chi connectivity index (χ3v) is 4.58. The largest absolute Gasteiger partial charge is 0.490 e. The molecule has 0 aliphatic rings. The molecule has 0 bridgehead atoms. The van der Waals surface area contributed by atoms with Crippen molar-refractivity contribution in [1.82, 2.24) is 5.32 Å². The van der Waals surface area contributed by atoms with Gasteiger partial charge in [0.2, 0.25) is 0 Å². The zero-order valence-corrected chi connectivity index (χ0v) is 14.1. The van der Waals surface area contributed by atoms with Crippen LogP contribution < -0.4 is 10.1 Å². The molecule has 0 atom stereocenters. The average Bonchev–Trinajstić information content (AvgIpc) is 2.41. The summed E-state index contributed by atoms with van der Waals surface area (Å²) in [6.07, 6.45) is 1.92. The first-order valence-corrected chi connectivity index (χ1v) is 7.74. The van der Waals surface area contributed by atoms with Gasteiger partial charge in [-0.05, 0) is 25.9 Å². The lowest BCUT2D eigenvalue weighted by molar-refractivity contribution is 0.308. The van der Waals surface area contributed by atoms with Crippen LogP contribution in [0.4, 0.5) is 0 Å². The van der Waals surface area contributed by atoms with E-state index in [4.69, 9.17) is 62.7 Å². The smallest absolute Gasteiger partial charge is 0.159 e. The molecule has 0 saturated heterocycles. The van der Waals surface area contributed by atoms with Gasteiger partial charge in [0.1, 0.15) is 10.0 Å². The molecule has 0 aliphatic heterocycles. The molecule has 0 aliphatic carbocycles. The molecule has 1 rings (SSSR count).